The predicted molar refractivity (Wildman–Crippen MR) is 98.9 cm³/mol. The minimum Gasteiger partial charge on any atom is -0.479 e. The number of hydrogen-bond acceptors (Lipinski definition) is 3. The molecule has 7 nitrogen and oxygen atoms in total. The molecule has 0 saturated carbocycles. The maximum Gasteiger partial charge on any atom is 0.330 e. The van der Waals surface area contributed by atoms with Crippen LogP contribution in [-0.4, -0.2) is 41.0 Å². The number of amides is 3. The fourth-order valence-electron chi connectivity index (χ4n) is 3.08. The molecule has 0 bridgehead atoms. The van der Waals surface area contributed by atoms with E-state index in [0.717, 1.165) is 12.0 Å². The highest BCUT2D eigenvalue weighted by Gasteiger charge is 2.23. The van der Waals surface area contributed by atoms with E-state index in [-0.39, 0.29) is 12.6 Å². The highest BCUT2D eigenvalue weighted by Crippen LogP contribution is 2.18. The molecule has 3 N–H and O–H groups in total. The number of carbonyl (C=O) groups is 3. The molecule has 3 rings (SSSR count). The van der Waals surface area contributed by atoms with Gasteiger partial charge in [-0.3, -0.25) is 4.79 Å². The average Bonchev–Trinajstić information content (AvgIpc) is 2.70. The monoisotopic (exact) mass is 367 g/mol. The lowest BCUT2D eigenvalue weighted by Crippen LogP contribution is -2.47. The molecule has 1 aliphatic heterocycles. The average molecular weight is 367 g/mol. The van der Waals surface area contributed by atoms with Gasteiger partial charge in [0.25, 0.3) is 0 Å². The molecule has 1 heterocycles. The first kappa shape index (κ1) is 18.4. The van der Waals surface area contributed by atoms with Crippen molar-refractivity contribution in [1.29, 1.82) is 0 Å². The molecule has 2 aromatic carbocycles. The Kier molecular flexibility index (Phi) is 5.71. The molecule has 0 aliphatic carbocycles. The topological polar surface area (TPSA) is 98.7 Å². The van der Waals surface area contributed by atoms with Crippen LogP contribution in [0.25, 0.3) is 0 Å². The van der Waals surface area contributed by atoms with E-state index in [1.165, 1.54) is 5.56 Å². The van der Waals surface area contributed by atoms with Gasteiger partial charge >= 0.3 is 12.0 Å². The minimum atomic E-state index is -1.16. The normalized spacial score (nSPS) is 14.0. The second-order valence-corrected chi connectivity index (χ2v) is 6.35. The van der Waals surface area contributed by atoms with Crippen molar-refractivity contribution in [1.82, 2.24) is 15.5 Å². The molecule has 0 fully saturated rings. The lowest BCUT2D eigenvalue weighted by molar-refractivity contribution is -0.141. The Balaban J connectivity index is 1.53. The molecule has 7 heteroatoms. The van der Waals surface area contributed by atoms with Crippen LogP contribution >= 0.6 is 0 Å². The SMILES string of the molecule is O=C(CNC(=O)N1CCc2ccccc2C1)N[C@H](C(=O)O)c1ccccc1. The van der Waals surface area contributed by atoms with Gasteiger partial charge in [0.15, 0.2) is 6.04 Å². The number of carbonyl (C=O) groups excluding carboxylic acids is 2. The van der Waals surface area contributed by atoms with Crippen LogP contribution in [0, 0.1) is 0 Å². The minimum absolute atomic E-state index is 0.284. The number of benzene rings is 2. The zero-order valence-corrected chi connectivity index (χ0v) is 14.7. The van der Waals surface area contributed by atoms with Crippen molar-refractivity contribution in [3.8, 4) is 0 Å². The van der Waals surface area contributed by atoms with Gasteiger partial charge in [-0.1, -0.05) is 54.6 Å². The van der Waals surface area contributed by atoms with Crippen LogP contribution < -0.4 is 10.6 Å². The van der Waals surface area contributed by atoms with Crippen LogP contribution in [0.5, 0.6) is 0 Å². The molecule has 3 amide bonds. The fourth-order valence-corrected chi connectivity index (χ4v) is 3.08. The number of carboxylic acids is 1. The number of aliphatic carboxylic acids is 1. The molecule has 0 radical (unpaired) electrons. The summed E-state index contributed by atoms with van der Waals surface area (Å²) in [7, 11) is 0. The van der Waals surface area contributed by atoms with Crippen LogP contribution in [0.15, 0.2) is 54.6 Å². The van der Waals surface area contributed by atoms with E-state index in [9.17, 15) is 19.5 Å². The van der Waals surface area contributed by atoms with Crippen molar-refractivity contribution < 1.29 is 19.5 Å². The molecule has 0 saturated heterocycles. The zero-order valence-electron chi connectivity index (χ0n) is 14.7. The predicted octanol–water partition coefficient (Wildman–Crippen LogP) is 1.70. The molecular formula is C20H21N3O4. The summed E-state index contributed by atoms with van der Waals surface area (Å²) in [4.78, 5) is 37.5. The molecule has 0 unspecified atom stereocenters. The van der Waals surface area contributed by atoms with Gasteiger partial charge in [-0.05, 0) is 23.1 Å². The van der Waals surface area contributed by atoms with E-state index in [0.29, 0.717) is 18.7 Å². The van der Waals surface area contributed by atoms with E-state index < -0.39 is 17.9 Å². The third kappa shape index (κ3) is 4.63. The third-order valence-corrected chi connectivity index (χ3v) is 4.50. The van der Waals surface area contributed by atoms with Crippen LogP contribution in [0.3, 0.4) is 0 Å². The highest BCUT2D eigenvalue weighted by molar-refractivity contribution is 5.88. The Hall–Kier alpha value is -3.35. The van der Waals surface area contributed by atoms with E-state index in [1.54, 1.807) is 35.2 Å². The molecule has 27 heavy (non-hydrogen) atoms. The summed E-state index contributed by atoms with van der Waals surface area (Å²) in [6.07, 6.45) is 0.769. The van der Waals surface area contributed by atoms with Gasteiger partial charge in [-0.2, -0.15) is 0 Å². The van der Waals surface area contributed by atoms with Crippen molar-refractivity contribution in [2.45, 2.75) is 19.0 Å². The fraction of sp³-hybridized carbons (Fsp3) is 0.250. The summed E-state index contributed by atoms with van der Waals surface area (Å²) in [6, 6.07) is 14.9. The summed E-state index contributed by atoms with van der Waals surface area (Å²) in [5.41, 5.74) is 2.79. The number of nitrogens with zero attached hydrogens (tertiary/aromatic N) is 1. The second-order valence-electron chi connectivity index (χ2n) is 6.35. The first-order chi connectivity index (χ1) is 13.0. The quantitative estimate of drug-likeness (QED) is 0.749. The molecule has 1 aliphatic rings. The van der Waals surface area contributed by atoms with Gasteiger partial charge in [0, 0.05) is 13.1 Å². The lowest BCUT2D eigenvalue weighted by Gasteiger charge is -2.28. The van der Waals surface area contributed by atoms with Gasteiger partial charge in [-0.25, -0.2) is 9.59 Å². The van der Waals surface area contributed by atoms with Crippen molar-refractivity contribution in [3.63, 3.8) is 0 Å². The summed E-state index contributed by atoms with van der Waals surface area (Å²) in [5, 5.41) is 14.3. The molecule has 0 spiro atoms. The molecule has 0 aromatic heterocycles. The van der Waals surface area contributed by atoms with E-state index in [1.807, 2.05) is 24.3 Å². The van der Waals surface area contributed by atoms with Crippen molar-refractivity contribution in [2.24, 2.45) is 0 Å². The number of nitrogens with one attached hydrogen (secondary N) is 2. The second kappa shape index (κ2) is 8.35. The summed E-state index contributed by atoms with van der Waals surface area (Å²) in [5.74, 6) is -1.72. The van der Waals surface area contributed by atoms with Gasteiger partial charge in [-0.15, -0.1) is 0 Å². The Morgan fingerprint density at radius 3 is 2.37 bits per heavy atom. The van der Waals surface area contributed by atoms with Crippen LogP contribution in [0.2, 0.25) is 0 Å². The highest BCUT2D eigenvalue weighted by atomic mass is 16.4. The first-order valence-electron chi connectivity index (χ1n) is 8.71. The van der Waals surface area contributed by atoms with Crippen molar-refractivity contribution >= 4 is 17.9 Å². The number of hydrogen-bond donors (Lipinski definition) is 3. The van der Waals surface area contributed by atoms with Gasteiger partial charge in [0.05, 0.1) is 6.54 Å². The maximum atomic E-state index is 12.3. The van der Waals surface area contributed by atoms with Crippen molar-refractivity contribution in [3.05, 3.63) is 71.3 Å². The Bertz CT molecular complexity index is 838. The zero-order chi connectivity index (χ0) is 19.2. The van der Waals surface area contributed by atoms with Crippen LogP contribution in [0.4, 0.5) is 4.79 Å². The van der Waals surface area contributed by atoms with Crippen LogP contribution in [-0.2, 0) is 22.6 Å². The van der Waals surface area contributed by atoms with Gasteiger partial charge in [0.1, 0.15) is 0 Å². The largest absolute Gasteiger partial charge is 0.479 e. The Morgan fingerprint density at radius 2 is 1.67 bits per heavy atom. The van der Waals surface area contributed by atoms with Crippen LogP contribution in [0.1, 0.15) is 22.7 Å². The summed E-state index contributed by atoms with van der Waals surface area (Å²) in [6.45, 7) is 0.783. The molecular weight excluding hydrogens is 346 g/mol. The number of urea groups is 1. The number of fused-ring (bicyclic) bond motifs is 1. The van der Waals surface area contributed by atoms with Gasteiger partial charge in [0.2, 0.25) is 5.91 Å². The first-order valence-corrected chi connectivity index (χ1v) is 8.71. The molecule has 1 atom stereocenters. The Morgan fingerprint density at radius 1 is 1.00 bits per heavy atom. The van der Waals surface area contributed by atoms with E-state index >= 15 is 0 Å². The van der Waals surface area contributed by atoms with Crippen molar-refractivity contribution in [2.75, 3.05) is 13.1 Å². The summed E-state index contributed by atoms with van der Waals surface area (Å²) >= 11 is 0. The number of rotatable bonds is 5. The molecule has 2 aromatic rings. The number of carboxylic acid groups (broad SMARTS) is 1. The smallest absolute Gasteiger partial charge is 0.330 e. The Labute approximate surface area is 157 Å². The standard InChI is InChI=1S/C20H21N3O4/c24-17(22-18(19(25)26)15-7-2-1-3-8-15)12-21-20(27)23-11-10-14-6-4-5-9-16(14)13-23/h1-9,18H,10-13H2,(H,21,27)(H,22,24)(H,25,26)/t18-/m0/s1. The van der Waals surface area contributed by atoms with Gasteiger partial charge < -0.3 is 20.6 Å². The summed E-state index contributed by atoms with van der Waals surface area (Å²) < 4.78 is 0. The third-order valence-electron chi connectivity index (χ3n) is 4.50. The van der Waals surface area contributed by atoms with E-state index in [2.05, 4.69) is 10.6 Å². The maximum absolute atomic E-state index is 12.3. The lowest BCUT2D eigenvalue weighted by atomic mass is 10.0. The molecule has 140 valence electrons. The van der Waals surface area contributed by atoms with E-state index in [4.69, 9.17) is 0 Å².